The normalized spacial score (nSPS) is 15.1. The van der Waals surface area contributed by atoms with Crippen molar-refractivity contribution >= 4 is 17.8 Å². The average Bonchev–Trinajstić information content (AvgIpc) is 2.91. The molecule has 196 valence electrons. The Morgan fingerprint density at radius 1 is 1.08 bits per heavy atom. The molecule has 36 heavy (non-hydrogen) atoms. The third kappa shape index (κ3) is 8.25. The smallest absolute Gasteiger partial charge is 0.322 e. The van der Waals surface area contributed by atoms with Crippen LogP contribution >= 0.6 is 0 Å². The third-order valence-electron chi connectivity index (χ3n) is 6.43. The van der Waals surface area contributed by atoms with Gasteiger partial charge in [-0.2, -0.15) is 0 Å². The maximum absolute atomic E-state index is 12.0. The molecule has 1 aliphatic rings. The van der Waals surface area contributed by atoms with Crippen LogP contribution in [-0.4, -0.2) is 59.8 Å². The van der Waals surface area contributed by atoms with Crippen LogP contribution in [0.1, 0.15) is 54.6 Å². The Kier molecular flexibility index (Phi) is 10.6. The lowest BCUT2D eigenvalue weighted by Crippen LogP contribution is -2.38. The third-order valence-corrected chi connectivity index (χ3v) is 6.43. The fraction of sp³-hybridized carbons (Fsp3) is 0.538. The van der Waals surface area contributed by atoms with Crippen molar-refractivity contribution in [2.75, 3.05) is 31.6 Å². The van der Waals surface area contributed by atoms with Crippen LogP contribution < -0.4 is 21.0 Å². The Hall–Kier alpha value is -3.08. The van der Waals surface area contributed by atoms with Crippen LogP contribution in [0, 0.1) is 11.8 Å². The number of benzene rings is 1. The summed E-state index contributed by atoms with van der Waals surface area (Å²) in [5, 5.41) is 15.6. The number of anilines is 1. The van der Waals surface area contributed by atoms with E-state index in [-0.39, 0.29) is 17.6 Å². The molecule has 4 N–H and O–H groups in total. The van der Waals surface area contributed by atoms with Crippen molar-refractivity contribution in [3.05, 3.63) is 53.3 Å². The molecule has 2 heterocycles. The summed E-state index contributed by atoms with van der Waals surface area (Å²) in [4.78, 5) is 34.0. The van der Waals surface area contributed by atoms with E-state index >= 15 is 0 Å². The maximum Gasteiger partial charge on any atom is 0.322 e. The van der Waals surface area contributed by atoms with Gasteiger partial charge in [0.25, 0.3) is 5.91 Å². The van der Waals surface area contributed by atoms with Gasteiger partial charge >= 0.3 is 5.97 Å². The van der Waals surface area contributed by atoms with E-state index in [1.165, 1.54) is 25.1 Å². The number of ether oxygens (including phenoxy) is 1. The lowest BCUT2D eigenvalue weighted by Gasteiger charge is -2.32. The molecule has 0 bridgehead atoms. The second kappa shape index (κ2) is 13.9. The molecule has 2 aromatic rings. The van der Waals surface area contributed by atoms with Crippen LogP contribution in [0.15, 0.2) is 36.7 Å². The van der Waals surface area contributed by atoms with Crippen LogP contribution in [0.25, 0.3) is 0 Å². The van der Waals surface area contributed by atoms with Crippen LogP contribution in [0.5, 0.6) is 0 Å². The molecular formula is C26H38N6O4. The molecular weight excluding hydrogens is 460 g/mol. The molecule has 1 atom stereocenters. The lowest BCUT2D eigenvalue weighted by atomic mass is 9.97. The van der Waals surface area contributed by atoms with Gasteiger partial charge in [-0.25, -0.2) is 15.4 Å². The summed E-state index contributed by atoms with van der Waals surface area (Å²) in [5.41, 5.74) is 4.17. The van der Waals surface area contributed by atoms with Gasteiger partial charge in [0.05, 0.1) is 12.7 Å². The number of carbonyl (C=O) groups excluding carboxylic acids is 2. The lowest BCUT2D eigenvalue weighted by molar-refractivity contribution is -0.143. The summed E-state index contributed by atoms with van der Waals surface area (Å²) < 4.78 is 4.92. The zero-order valence-electron chi connectivity index (χ0n) is 21.4. The van der Waals surface area contributed by atoms with Gasteiger partial charge in [0.1, 0.15) is 6.04 Å². The molecule has 1 fully saturated rings. The van der Waals surface area contributed by atoms with Crippen molar-refractivity contribution in [2.24, 2.45) is 11.8 Å². The number of hydroxylamine groups is 1. The first-order valence-electron chi connectivity index (χ1n) is 12.5. The first-order valence-corrected chi connectivity index (χ1v) is 12.5. The van der Waals surface area contributed by atoms with Crippen molar-refractivity contribution in [1.29, 1.82) is 0 Å². The van der Waals surface area contributed by atoms with Crippen LogP contribution in [0.2, 0.25) is 0 Å². The van der Waals surface area contributed by atoms with E-state index in [2.05, 4.69) is 63.6 Å². The van der Waals surface area contributed by atoms with Crippen LogP contribution in [0.4, 0.5) is 5.95 Å². The van der Waals surface area contributed by atoms with E-state index in [1.807, 2.05) is 0 Å². The van der Waals surface area contributed by atoms with Gasteiger partial charge in [0.15, 0.2) is 0 Å². The minimum Gasteiger partial charge on any atom is -0.468 e. The molecule has 3 rings (SSSR count). The van der Waals surface area contributed by atoms with Gasteiger partial charge in [0.2, 0.25) is 5.95 Å². The highest BCUT2D eigenvalue weighted by molar-refractivity contribution is 5.92. The SMILES string of the molecule is COC(=O)[C@H](CC(C)C)NCc1ccc(CNCC2CCN(c3ncc(C(=O)NO)cn3)CC2)cc1. The van der Waals surface area contributed by atoms with Gasteiger partial charge in [-0.3, -0.25) is 14.8 Å². The number of rotatable bonds is 12. The molecule has 0 saturated carbocycles. The highest BCUT2D eigenvalue weighted by Gasteiger charge is 2.21. The van der Waals surface area contributed by atoms with Crippen molar-refractivity contribution < 1.29 is 19.5 Å². The number of hydrogen-bond acceptors (Lipinski definition) is 9. The number of aromatic nitrogens is 2. The average molecular weight is 499 g/mol. The molecule has 10 nitrogen and oxygen atoms in total. The fourth-order valence-electron chi connectivity index (χ4n) is 4.32. The van der Waals surface area contributed by atoms with Crippen LogP contribution in [-0.2, 0) is 22.6 Å². The van der Waals surface area contributed by atoms with E-state index in [0.717, 1.165) is 51.0 Å². The van der Waals surface area contributed by atoms with E-state index in [4.69, 9.17) is 9.94 Å². The molecule has 1 aromatic heterocycles. The van der Waals surface area contributed by atoms with Gasteiger partial charge in [-0.05, 0) is 48.8 Å². The number of nitrogens with zero attached hydrogens (tertiary/aromatic N) is 3. The number of hydrogen-bond donors (Lipinski definition) is 4. The second-order valence-electron chi connectivity index (χ2n) is 9.68. The Labute approximate surface area is 212 Å². The Morgan fingerprint density at radius 2 is 1.69 bits per heavy atom. The van der Waals surface area contributed by atoms with Crippen molar-refractivity contribution in [3.8, 4) is 0 Å². The fourth-order valence-corrected chi connectivity index (χ4v) is 4.32. The largest absolute Gasteiger partial charge is 0.468 e. The predicted octanol–water partition coefficient (Wildman–Crippen LogP) is 2.28. The zero-order chi connectivity index (χ0) is 25.9. The molecule has 0 aliphatic carbocycles. The summed E-state index contributed by atoms with van der Waals surface area (Å²) in [6.45, 7) is 8.30. The minimum absolute atomic E-state index is 0.215. The standard InChI is InChI=1S/C26H38N6O4/c1-18(2)12-23(25(34)36-3)28-15-20-6-4-19(5-7-20)13-27-14-21-8-10-32(11-9-21)26-29-16-22(17-30-26)24(33)31-35/h4-7,16-18,21,23,27-28,35H,8-15H2,1-3H3,(H,31,33)/t23-/m0/s1. The number of nitrogens with one attached hydrogen (secondary N) is 3. The van der Waals surface area contributed by atoms with E-state index in [0.29, 0.717) is 24.3 Å². The van der Waals surface area contributed by atoms with Gasteiger partial charge in [-0.1, -0.05) is 38.1 Å². The molecule has 0 unspecified atom stereocenters. The van der Waals surface area contributed by atoms with Gasteiger partial charge in [-0.15, -0.1) is 0 Å². The molecule has 1 saturated heterocycles. The zero-order valence-corrected chi connectivity index (χ0v) is 21.4. The second-order valence-corrected chi connectivity index (χ2v) is 9.68. The highest BCUT2D eigenvalue weighted by Crippen LogP contribution is 2.20. The summed E-state index contributed by atoms with van der Waals surface area (Å²) >= 11 is 0. The van der Waals surface area contributed by atoms with E-state index < -0.39 is 5.91 Å². The highest BCUT2D eigenvalue weighted by atomic mass is 16.5. The Balaban J connectivity index is 1.37. The van der Waals surface area contributed by atoms with E-state index in [9.17, 15) is 9.59 Å². The number of amides is 1. The number of carbonyl (C=O) groups is 2. The number of piperidine rings is 1. The predicted molar refractivity (Wildman–Crippen MR) is 136 cm³/mol. The molecule has 1 amide bonds. The van der Waals surface area contributed by atoms with Gasteiger partial charge < -0.3 is 20.3 Å². The van der Waals surface area contributed by atoms with E-state index in [1.54, 1.807) is 5.48 Å². The summed E-state index contributed by atoms with van der Waals surface area (Å²) in [6, 6.07) is 8.16. The molecule has 0 spiro atoms. The summed E-state index contributed by atoms with van der Waals surface area (Å²) in [5.74, 6) is 0.761. The Morgan fingerprint density at radius 3 is 2.25 bits per heavy atom. The van der Waals surface area contributed by atoms with Crippen molar-refractivity contribution in [3.63, 3.8) is 0 Å². The molecule has 1 aliphatic heterocycles. The topological polar surface area (TPSA) is 129 Å². The van der Waals surface area contributed by atoms with Crippen molar-refractivity contribution in [2.45, 2.75) is 52.2 Å². The molecule has 10 heteroatoms. The quantitative estimate of drug-likeness (QED) is 0.198. The first-order chi connectivity index (χ1) is 17.4. The maximum atomic E-state index is 12.0. The molecule has 0 radical (unpaired) electrons. The van der Waals surface area contributed by atoms with Crippen molar-refractivity contribution in [1.82, 2.24) is 26.1 Å². The Bertz CT molecular complexity index is 959. The first kappa shape index (κ1) is 27.5. The van der Waals surface area contributed by atoms with Gasteiger partial charge in [0, 0.05) is 38.6 Å². The number of esters is 1. The summed E-state index contributed by atoms with van der Waals surface area (Å²) in [7, 11) is 1.43. The summed E-state index contributed by atoms with van der Waals surface area (Å²) in [6.07, 6.45) is 5.67. The number of methoxy groups -OCH3 is 1. The van der Waals surface area contributed by atoms with Crippen LogP contribution in [0.3, 0.4) is 0 Å². The molecule has 1 aromatic carbocycles. The minimum atomic E-state index is -0.619. The monoisotopic (exact) mass is 498 g/mol.